The number of hydrogen-bond donors (Lipinski definition) is 2. The largest absolute Gasteiger partial charge is 0.481 e. The molecule has 204 valence electrons. The molecule has 1 heterocycles. The topological polar surface area (TPSA) is 106 Å². The minimum atomic E-state index is -0.855. The van der Waals surface area contributed by atoms with Gasteiger partial charge >= 0.3 is 5.97 Å². The summed E-state index contributed by atoms with van der Waals surface area (Å²) in [7, 11) is 0. The van der Waals surface area contributed by atoms with Crippen LogP contribution in [0, 0.1) is 0 Å². The number of fused-ring (bicyclic) bond motifs is 1. The Labute approximate surface area is 240 Å². The zero-order valence-electron chi connectivity index (χ0n) is 21.4. The molecule has 2 N–H and O–H groups in total. The van der Waals surface area contributed by atoms with Gasteiger partial charge in [-0.05, 0) is 81.5 Å². The first-order chi connectivity index (χ1) is 18.8. The van der Waals surface area contributed by atoms with Crippen molar-refractivity contribution in [3.8, 4) is 5.75 Å². The standard InChI is InChI=1S/C28H27Cl2N3O5S/c1-3-37-28(36)24-21-6-4-5-7-23(21)39-27(24)32-26(35)17-9-12-20(13-10-17)38-16(2)25(34)33-31-15-18-8-11-19(29)14-22(18)30/h8-16H,3-7H2,1-2H3,(H,32,35)(H,33,34)/b31-15+. The van der Waals surface area contributed by atoms with Gasteiger partial charge in [0.15, 0.2) is 6.10 Å². The zero-order valence-corrected chi connectivity index (χ0v) is 23.7. The lowest BCUT2D eigenvalue weighted by atomic mass is 9.95. The molecule has 0 aliphatic heterocycles. The van der Waals surface area contributed by atoms with Crippen molar-refractivity contribution >= 4 is 63.5 Å². The molecule has 0 saturated carbocycles. The number of benzene rings is 2. The van der Waals surface area contributed by atoms with E-state index in [4.69, 9.17) is 32.7 Å². The predicted octanol–water partition coefficient (Wildman–Crippen LogP) is 6.28. The van der Waals surface area contributed by atoms with Crippen molar-refractivity contribution in [3.05, 3.63) is 79.6 Å². The van der Waals surface area contributed by atoms with Crippen LogP contribution in [0.3, 0.4) is 0 Å². The van der Waals surface area contributed by atoms with Crippen molar-refractivity contribution in [1.29, 1.82) is 0 Å². The Morgan fingerprint density at radius 2 is 1.85 bits per heavy atom. The number of hydrazone groups is 1. The molecule has 4 rings (SSSR count). The number of carbonyl (C=O) groups is 3. The van der Waals surface area contributed by atoms with Gasteiger partial charge in [0.2, 0.25) is 0 Å². The molecule has 11 heteroatoms. The summed E-state index contributed by atoms with van der Waals surface area (Å²) >= 11 is 13.4. The summed E-state index contributed by atoms with van der Waals surface area (Å²) in [5, 5.41) is 8.21. The Hall–Kier alpha value is -3.40. The second kappa shape index (κ2) is 13.1. The third-order valence-corrected chi connectivity index (χ3v) is 7.79. The summed E-state index contributed by atoms with van der Waals surface area (Å²) in [4.78, 5) is 39.1. The van der Waals surface area contributed by atoms with E-state index in [0.29, 0.717) is 37.5 Å². The van der Waals surface area contributed by atoms with Crippen LogP contribution in [0.15, 0.2) is 47.6 Å². The highest BCUT2D eigenvalue weighted by molar-refractivity contribution is 7.17. The maximum absolute atomic E-state index is 13.0. The van der Waals surface area contributed by atoms with Crippen molar-refractivity contribution in [2.24, 2.45) is 5.10 Å². The summed E-state index contributed by atoms with van der Waals surface area (Å²) in [5.74, 6) is -0.834. The van der Waals surface area contributed by atoms with E-state index in [2.05, 4.69) is 15.8 Å². The van der Waals surface area contributed by atoms with Crippen LogP contribution in [-0.2, 0) is 22.4 Å². The second-order valence-electron chi connectivity index (χ2n) is 8.77. The number of carbonyl (C=O) groups excluding carboxylic acids is 3. The van der Waals surface area contributed by atoms with Gasteiger partial charge in [0, 0.05) is 21.0 Å². The molecule has 1 aliphatic rings. The lowest BCUT2D eigenvalue weighted by molar-refractivity contribution is -0.127. The van der Waals surface area contributed by atoms with Gasteiger partial charge in [0.05, 0.1) is 23.4 Å². The van der Waals surface area contributed by atoms with E-state index in [9.17, 15) is 14.4 Å². The fourth-order valence-corrected chi connectivity index (χ4v) is 5.78. The van der Waals surface area contributed by atoms with Crippen LogP contribution < -0.4 is 15.5 Å². The first-order valence-electron chi connectivity index (χ1n) is 12.4. The number of halogens is 2. The maximum Gasteiger partial charge on any atom is 0.341 e. The highest BCUT2D eigenvalue weighted by atomic mass is 35.5. The predicted molar refractivity (Wildman–Crippen MR) is 154 cm³/mol. The van der Waals surface area contributed by atoms with E-state index >= 15 is 0 Å². The molecule has 0 bridgehead atoms. The minimum Gasteiger partial charge on any atom is -0.481 e. The molecular formula is C28H27Cl2N3O5S. The number of nitrogens with one attached hydrogen (secondary N) is 2. The van der Waals surface area contributed by atoms with Gasteiger partial charge in [-0.2, -0.15) is 5.10 Å². The third kappa shape index (κ3) is 7.17. The first kappa shape index (κ1) is 28.6. The zero-order chi connectivity index (χ0) is 27.9. The van der Waals surface area contributed by atoms with Crippen molar-refractivity contribution in [2.75, 3.05) is 11.9 Å². The lowest BCUT2D eigenvalue weighted by Gasteiger charge is -2.13. The summed E-state index contributed by atoms with van der Waals surface area (Å²) in [6.07, 6.45) is 4.31. The van der Waals surface area contributed by atoms with Crippen LogP contribution in [0.2, 0.25) is 10.0 Å². The second-order valence-corrected chi connectivity index (χ2v) is 10.7. The highest BCUT2D eigenvalue weighted by Crippen LogP contribution is 2.39. The highest BCUT2D eigenvalue weighted by Gasteiger charge is 2.27. The normalized spacial score (nSPS) is 13.4. The van der Waals surface area contributed by atoms with Crippen molar-refractivity contribution in [2.45, 2.75) is 45.6 Å². The van der Waals surface area contributed by atoms with Gasteiger partial charge in [-0.1, -0.05) is 29.3 Å². The Morgan fingerprint density at radius 3 is 2.56 bits per heavy atom. The minimum absolute atomic E-state index is 0.262. The quantitative estimate of drug-likeness (QED) is 0.174. The molecule has 8 nitrogen and oxygen atoms in total. The lowest BCUT2D eigenvalue weighted by Crippen LogP contribution is -2.33. The Morgan fingerprint density at radius 1 is 1.10 bits per heavy atom. The summed E-state index contributed by atoms with van der Waals surface area (Å²) in [6.45, 7) is 3.60. The van der Waals surface area contributed by atoms with Crippen LogP contribution in [0.4, 0.5) is 5.00 Å². The number of amides is 2. The average Bonchev–Trinajstić information content (AvgIpc) is 3.28. The maximum atomic E-state index is 13.0. The molecule has 2 amide bonds. The van der Waals surface area contributed by atoms with Gasteiger partial charge < -0.3 is 14.8 Å². The first-order valence-corrected chi connectivity index (χ1v) is 14.0. The molecule has 1 aliphatic carbocycles. The number of hydrogen-bond acceptors (Lipinski definition) is 7. The van der Waals surface area contributed by atoms with Crippen LogP contribution in [0.5, 0.6) is 5.75 Å². The molecule has 0 saturated heterocycles. The van der Waals surface area contributed by atoms with Gasteiger partial charge in [-0.25, -0.2) is 10.2 Å². The van der Waals surface area contributed by atoms with Crippen molar-refractivity contribution in [3.63, 3.8) is 0 Å². The number of aryl methyl sites for hydroxylation is 1. The molecule has 0 spiro atoms. The summed E-state index contributed by atoms with van der Waals surface area (Å²) in [6, 6.07) is 11.3. The Balaban J connectivity index is 1.36. The van der Waals surface area contributed by atoms with Crippen molar-refractivity contribution < 1.29 is 23.9 Å². The molecule has 0 radical (unpaired) electrons. The fourth-order valence-electron chi connectivity index (χ4n) is 4.05. The van der Waals surface area contributed by atoms with E-state index in [-0.39, 0.29) is 12.5 Å². The molecule has 1 unspecified atom stereocenters. The summed E-state index contributed by atoms with van der Waals surface area (Å²) in [5.41, 5.74) is 4.83. The third-order valence-electron chi connectivity index (χ3n) is 6.02. The van der Waals surface area contributed by atoms with Crippen LogP contribution >= 0.6 is 34.5 Å². The van der Waals surface area contributed by atoms with Crippen LogP contribution in [0.1, 0.15) is 63.4 Å². The van der Waals surface area contributed by atoms with Crippen LogP contribution in [-0.4, -0.2) is 36.7 Å². The number of nitrogens with zero attached hydrogens (tertiary/aromatic N) is 1. The van der Waals surface area contributed by atoms with E-state index in [1.165, 1.54) is 17.6 Å². The number of esters is 1. The van der Waals surface area contributed by atoms with Crippen molar-refractivity contribution in [1.82, 2.24) is 5.43 Å². The van der Waals surface area contributed by atoms with E-state index in [1.807, 2.05) is 0 Å². The fraction of sp³-hybridized carbons (Fsp3) is 0.286. The monoisotopic (exact) mass is 587 g/mol. The summed E-state index contributed by atoms with van der Waals surface area (Å²) < 4.78 is 10.9. The Bertz CT molecular complexity index is 1400. The molecular weight excluding hydrogens is 561 g/mol. The van der Waals surface area contributed by atoms with Gasteiger partial charge in [-0.3, -0.25) is 9.59 Å². The van der Waals surface area contributed by atoms with Gasteiger partial charge in [-0.15, -0.1) is 11.3 Å². The van der Waals surface area contributed by atoms with E-state index < -0.39 is 18.0 Å². The molecule has 3 aromatic rings. The molecule has 0 fully saturated rings. The van der Waals surface area contributed by atoms with Gasteiger partial charge in [0.1, 0.15) is 10.8 Å². The molecule has 39 heavy (non-hydrogen) atoms. The van der Waals surface area contributed by atoms with Crippen LogP contribution in [0.25, 0.3) is 0 Å². The molecule has 1 aromatic heterocycles. The number of anilines is 1. The van der Waals surface area contributed by atoms with E-state index in [1.54, 1.807) is 56.3 Å². The average molecular weight is 589 g/mol. The smallest absolute Gasteiger partial charge is 0.341 e. The number of thiophene rings is 1. The number of ether oxygens (including phenoxy) is 2. The van der Waals surface area contributed by atoms with E-state index in [0.717, 1.165) is 36.1 Å². The number of rotatable bonds is 9. The SMILES string of the molecule is CCOC(=O)c1c(NC(=O)c2ccc(OC(C)C(=O)N/N=C/c3ccc(Cl)cc3Cl)cc2)sc2c1CCCC2. The van der Waals surface area contributed by atoms with Gasteiger partial charge in [0.25, 0.3) is 11.8 Å². The molecule has 1 atom stereocenters. The molecule has 2 aromatic carbocycles. The Kier molecular flexibility index (Phi) is 9.61.